The molecule has 0 unspecified atom stereocenters. The van der Waals surface area contributed by atoms with E-state index in [9.17, 15) is 18.0 Å². The maximum atomic E-state index is 13.1. The summed E-state index contributed by atoms with van der Waals surface area (Å²) in [5.74, 6) is 0.439. The first-order chi connectivity index (χ1) is 14.9. The summed E-state index contributed by atoms with van der Waals surface area (Å²) in [5, 5.41) is 0.202. The van der Waals surface area contributed by atoms with E-state index in [4.69, 9.17) is 4.74 Å². The highest BCUT2D eigenvalue weighted by atomic mass is 19.4. The maximum absolute atomic E-state index is 13.1. The predicted molar refractivity (Wildman–Crippen MR) is 113 cm³/mol. The van der Waals surface area contributed by atoms with Gasteiger partial charge in [0.2, 0.25) is 0 Å². The van der Waals surface area contributed by atoms with E-state index in [0.29, 0.717) is 32.0 Å². The average molecular weight is 427 g/mol. The first kappa shape index (κ1) is 19.8. The fourth-order valence-corrected chi connectivity index (χ4v) is 4.13. The molecule has 0 radical (unpaired) electrons. The molecule has 1 saturated heterocycles. The van der Waals surface area contributed by atoms with Crippen LogP contribution in [0.2, 0.25) is 0 Å². The summed E-state index contributed by atoms with van der Waals surface area (Å²) in [6, 6.07) is 11.2. The van der Waals surface area contributed by atoms with Crippen LogP contribution < -0.4 is 10.5 Å². The van der Waals surface area contributed by atoms with Crippen LogP contribution >= 0.6 is 0 Å². The number of hydrogen-bond acceptors (Lipinski definition) is 4. The minimum absolute atomic E-state index is 0.0709. The van der Waals surface area contributed by atoms with Gasteiger partial charge in [-0.2, -0.15) is 13.2 Å². The Balaban J connectivity index is 1.50. The fourth-order valence-electron chi connectivity index (χ4n) is 4.13. The van der Waals surface area contributed by atoms with Crippen LogP contribution in [0.3, 0.4) is 0 Å². The Hall–Kier alpha value is -3.13. The average Bonchev–Trinajstić information content (AvgIpc) is 3.17. The van der Waals surface area contributed by atoms with Gasteiger partial charge in [0.15, 0.2) is 0 Å². The van der Waals surface area contributed by atoms with Gasteiger partial charge in [0.1, 0.15) is 5.82 Å². The molecule has 1 fully saturated rings. The van der Waals surface area contributed by atoms with Gasteiger partial charge < -0.3 is 9.64 Å². The Labute approximate surface area is 176 Å². The molecule has 160 valence electrons. The second-order valence-corrected chi connectivity index (χ2v) is 7.73. The molecular formula is C23H20F3N3O2. The molecule has 5 rings (SSSR count). The number of rotatable bonds is 2. The summed E-state index contributed by atoms with van der Waals surface area (Å²) < 4.78 is 46.2. The van der Waals surface area contributed by atoms with Crippen molar-refractivity contribution in [3.63, 3.8) is 0 Å². The molecule has 2 aliphatic heterocycles. The van der Waals surface area contributed by atoms with Crippen molar-refractivity contribution in [3.8, 4) is 0 Å². The summed E-state index contributed by atoms with van der Waals surface area (Å²) in [6.45, 7) is 3.61. The number of fused-ring (bicyclic) bond motifs is 2. The molecule has 3 aromatic rings. The molecule has 0 saturated carbocycles. The third-order valence-corrected chi connectivity index (χ3v) is 5.78. The van der Waals surface area contributed by atoms with E-state index in [1.165, 1.54) is 6.07 Å². The summed E-state index contributed by atoms with van der Waals surface area (Å²) in [6.07, 6.45) is -1.92. The van der Waals surface area contributed by atoms with Gasteiger partial charge in [-0.15, -0.1) is 0 Å². The van der Waals surface area contributed by atoms with Gasteiger partial charge in [-0.05, 0) is 54.0 Å². The van der Waals surface area contributed by atoms with Crippen LogP contribution in [0, 0.1) is 0 Å². The molecule has 3 heterocycles. The number of aromatic nitrogens is 2. The van der Waals surface area contributed by atoms with E-state index in [1.54, 1.807) is 4.57 Å². The molecule has 1 aromatic heterocycles. The van der Waals surface area contributed by atoms with Crippen molar-refractivity contribution in [1.29, 1.82) is 0 Å². The summed E-state index contributed by atoms with van der Waals surface area (Å²) in [7, 11) is 0. The van der Waals surface area contributed by atoms with Gasteiger partial charge in [0, 0.05) is 25.3 Å². The minimum atomic E-state index is -4.48. The van der Waals surface area contributed by atoms with E-state index >= 15 is 0 Å². The minimum Gasteiger partial charge on any atom is -0.378 e. The Morgan fingerprint density at radius 1 is 1.00 bits per heavy atom. The third-order valence-electron chi connectivity index (χ3n) is 5.78. The quantitative estimate of drug-likeness (QED) is 0.615. The highest BCUT2D eigenvalue weighted by Gasteiger charge is 2.31. The summed E-state index contributed by atoms with van der Waals surface area (Å²) in [4.78, 5) is 19.5. The predicted octanol–water partition coefficient (Wildman–Crippen LogP) is 4.20. The van der Waals surface area contributed by atoms with Crippen LogP contribution in [0.4, 0.5) is 18.9 Å². The Morgan fingerprint density at radius 3 is 2.45 bits per heavy atom. The second kappa shape index (κ2) is 7.53. The molecule has 2 aromatic carbocycles. The van der Waals surface area contributed by atoms with Gasteiger partial charge in [-0.1, -0.05) is 12.1 Å². The smallest absolute Gasteiger partial charge is 0.378 e. The number of halogens is 3. The van der Waals surface area contributed by atoms with Crippen molar-refractivity contribution in [1.82, 2.24) is 9.55 Å². The first-order valence-electron chi connectivity index (χ1n) is 10.2. The van der Waals surface area contributed by atoms with Crippen LogP contribution in [0.1, 0.15) is 23.4 Å². The molecule has 0 aliphatic carbocycles. The molecule has 2 aliphatic rings. The molecular weight excluding hydrogens is 407 g/mol. The van der Waals surface area contributed by atoms with E-state index in [2.05, 4.69) is 9.88 Å². The Morgan fingerprint density at radius 2 is 1.74 bits per heavy atom. The number of benzene rings is 2. The van der Waals surface area contributed by atoms with E-state index in [-0.39, 0.29) is 16.5 Å². The lowest BCUT2D eigenvalue weighted by Gasteiger charge is -2.28. The third kappa shape index (κ3) is 3.72. The van der Waals surface area contributed by atoms with Gasteiger partial charge >= 0.3 is 6.18 Å². The zero-order chi connectivity index (χ0) is 21.6. The van der Waals surface area contributed by atoms with Crippen molar-refractivity contribution < 1.29 is 17.9 Å². The number of anilines is 1. The van der Waals surface area contributed by atoms with Crippen LogP contribution in [-0.2, 0) is 17.5 Å². The summed E-state index contributed by atoms with van der Waals surface area (Å²) in [5.41, 5.74) is 1.88. The summed E-state index contributed by atoms with van der Waals surface area (Å²) >= 11 is 0. The molecule has 0 atom stereocenters. The number of alkyl halides is 3. The van der Waals surface area contributed by atoms with Gasteiger partial charge in [0.25, 0.3) is 5.56 Å². The molecule has 0 bridgehead atoms. The number of morpholine rings is 1. The molecule has 5 nitrogen and oxygen atoms in total. The van der Waals surface area contributed by atoms with Crippen LogP contribution in [0.5, 0.6) is 0 Å². The normalized spacial score (nSPS) is 18.0. The van der Waals surface area contributed by atoms with Crippen molar-refractivity contribution in [2.45, 2.75) is 19.1 Å². The topological polar surface area (TPSA) is 47.4 Å². The van der Waals surface area contributed by atoms with E-state index in [0.717, 1.165) is 42.0 Å². The molecule has 0 N–H and O–H groups in total. The van der Waals surface area contributed by atoms with Crippen molar-refractivity contribution in [2.24, 2.45) is 0 Å². The maximum Gasteiger partial charge on any atom is 0.416 e. The molecule has 0 amide bonds. The highest BCUT2D eigenvalue weighted by Crippen LogP contribution is 2.32. The standard InChI is InChI=1S/C23H20F3N3O2/c24-23(25,26)17-3-6-19-20(14-17)27-21-16(7-8-29(21)22(19)30)13-15-1-4-18(5-2-15)28-9-11-31-12-10-28/h1-6,13-14H,7-12H2/b16-13-. The van der Waals surface area contributed by atoms with E-state index in [1.807, 2.05) is 30.3 Å². The Bertz CT molecular complexity index is 1220. The van der Waals surface area contributed by atoms with E-state index < -0.39 is 11.7 Å². The lowest BCUT2D eigenvalue weighted by molar-refractivity contribution is -0.137. The highest BCUT2D eigenvalue weighted by molar-refractivity contribution is 5.85. The number of hydrogen-bond donors (Lipinski definition) is 0. The monoisotopic (exact) mass is 427 g/mol. The molecule has 31 heavy (non-hydrogen) atoms. The molecule has 0 spiro atoms. The largest absolute Gasteiger partial charge is 0.416 e. The van der Waals surface area contributed by atoms with Crippen LogP contribution in [0.15, 0.2) is 47.3 Å². The van der Waals surface area contributed by atoms with Crippen molar-refractivity contribution >= 4 is 28.2 Å². The number of allylic oxidation sites excluding steroid dienone is 1. The van der Waals surface area contributed by atoms with Crippen LogP contribution in [-0.4, -0.2) is 35.9 Å². The van der Waals surface area contributed by atoms with Crippen LogP contribution in [0.25, 0.3) is 22.6 Å². The Kier molecular flexibility index (Phi) is 4.81. The zero-order valence-corrected chi connectivity index (χ0v) is 16.7. The lowest BCUT2D eigenvalue weighted by atomic mass is 10.1. The number of ether oxygens (including phenoxy) is 1. The SMILES string of the molecule is O=c1c2ccc(C(F)(F)F)cc2nc2n1CC/C2=C/c1ccc(N2CCOCC2)cc1. The van der Waals surface area contributed by atoms with Crippen molar-refractivity contribution in [2.75, 3.05) is 31.2 Å². The second-order valence-electron chi connectivity index (χ2n) is 7.73. The first-order valence-corrected chi connectivity index (χ1v) is 10.2. The number of nitrogens with zero attached hydrogens (tertiary/aromatic N) is 3. The van der Waals surface area contributed by atoms with Gasteiger partial charge in [-0.3, -0.25) is 9.36 Å². The van der Waals surface area contributed by atoms with Gasteiger partial charge in [0.05, 0.1) is 29.7 Å². The van der Waals surface area contributed by atoms with Gasteiger partial charge in [-0.25, -0.2) is 4.98 Å². The fraction of sp³-hybridized carbons (Fsp3) is 0.304. The lowest BCUT2D eigenvalue weighted by Crippen LogP contribution is -2.36. The zero-order valence-electron chi connectivity index (χ0n) is 16.7. The molecule has 8 heteroatoms. The van der Waals surface area contributed by atoms with Crippen molar-refractivity contribution in [3.05, 3.63) is 69.8 Å².